The number of nitrogens with zero attached hydrogens (tertiary/aromatic N) is 2. The van der Waals surface area contributed by atoms with E-state index in [1.54, 1.807) is 18.0 Å². The smallest absolute Gasteiger partial charge is 0.234 e. The van der Waals surface area contributed by atoms with Crippen molar-refractivity contribution in [3.63, 3.8) is 0 Å². The van der Waals surface area contributed by atoms with Crippen LogP contribution in [-0.2, 0) is 11.3 Å². The van der Waals surface area contributed by atoms with Crippen LogP contribution in [0.2, 0.25) is 5.02 Å². The Labute approximate surface area is 149 Å². The van der Waals surface area contributed by atoms with Crippen molar-refractivity contribution in [3.05, 3.63) is 77.5 Å². The van der Waals surface area contributed by atoms with Gasteiger partial charge in [-0.3, -0.25) is 4.79 Å². The third kappa shape index (κ3) is 2.97. The summed E-state index contributed by atoms with van der Waals surface area (Å²) in [6.07, 6.45) is 5.68. The lowest BCUT2D eigenvalue weighted by Gasteiger charge is -2.22. The Hall–Kier alpha value is -2.11. The molecule has 6 heteroatoms. The summed E-state index contributed by atoms with van der Waals surface area (Å²) in [6, 6.07) is 13.5. The lowest BCUT2D eigenvalue weighted by atomic mass is 10.3. The number of carbonyl (C=O) groups is 1. The molecule has 0 saturated carbocycles. The highest BCUT2D eigenvalue weighted by atomic mass is 35.5. The number of amides is 1. The van der Waals surface area contributed by atoms with E-state index in [1.807, 2.05) is 58.1 Å². The highest BCUT2D eigenvalue weighted by Gasteiger charge is 2.33. The van der Waals surface area contributed by atoms with E-state index in [0.29, 0.717) is 17.3 Å². The monoisotopic (exact) mass is 358 g/mol. The molecule has 0 unspecified atom stereocenters. The normalized spacial score (nSPS) is 17.6. The van der Waals surface area contributed by atoms with Crippen molar-refractivity contribution in [2.24, 2.45) is 0 Å². The third-order valence-electron chi connectivity index (χ3n) is 3.98. The molecule has 0 N–H and O–H groups in total. The molecule has 1 amide bonds. The van der Waals surface area contributed by atoms with Crippen molar-refractivity contribution in [2.45, 2.75) is 11.9 Å². The highest BCUT2D eigenvalue weighted by molar-refractivity contribution is 8.00. The Morgan fingerprint density at radius 1 is 1.25 bits per heavy atom. The van der Waals surface area contributed by atoms with Gasteiger partial charge in [0.1, 0.15) is 11.1 Å². The quantitative estimate of drug-likeness (QED) is 0.689. The molecule has 0 radical (unpaired) electrons. The first-order chi connectivity index (χ1) is 11.7. The standard InChI is InChI=1S/C18H15ClN2O2S/c19-14-3-1-4-15(9-14)20-7-6-13(10-20)18-21(17(22)12-24-18)11-16-5-2-8-23-16/h1-10,18H,11-12H2/t18-/m0/s1. The van der Waals surface area contributed by atoms with Crippen LogP contribution < -0.4 is 0 Å². The van der Waals surface area contributed by atoms with Crippen molar-refractivity contribution >= 4 is 29.3 Å². The maximum absolute atomic E-state index is 12.2. The van der Waals surface area contributed by atoms with Gasteiger partial charge in [-0.25, -0.2) is 0 Å². The summed E-state index contributed by atoms with van der Waals surface area (Å²) in [5.41, 5.74) is 2.10. The number of carbonyl (C=O) groups excluding carboxylic acids is 1. The van der Waals surface area contributed by atoms with Crippen LogP contribution in [0, 0.1) is 0 Å². The molecular formula is C18H15ClN2O2S. The fourth-order valence-electron chi connectivity index (χ4n) is 2.83. The molecule has 4 nitrogen and oxygen atoms in total. The average Bonchev–Trinajstić information content (AvgIpc) is 3.30. The molecule has 1 aromatic carbocycles. The maximum atomic E-state index is 12.2. The molecule has 0 spiro atoms. The van der Waals surface area contributed by atoms with Crippen LogP contribution in [0.4, 0.5) is 0 Å². The molecule has 3 aromatic rings. The van der Waals surface area contributed by atoms with E-state index in [2.05, 4.69) is 6.20 Å². The summed E-state index contributed by atoms with van der Waals surface area (Å²) in [5, 5.41) is 0.704. The van der Waals surface area contributed by atoms with Gasteiger partial charge in [-0.05, 0) is 36.4 Å². The number of thioether (sulfide) groups is 1. The van der Waals surface area contributed by atoms with Crippen molar-refractivity contribution < 1.29 is 9.21 Å². The lowest BCUT2D eigenvalue weighted by Crippen LogP contribution is -2.27. The number of hydrogen-bond acceptors (Lipinski definition) is 3. The number of rotatable bonds is 4. The molecule has 4 rings (SSSR count). The van der Waals surface area contributed by atoms with Gasteiger partial charge in [-0.15, -0.1) is 11.8 Å². The SMILES string of the molecule is O=C1CS[C@@H](c2ccn(-c3cccc(Cl)c3)c2)N1Cc1ccco1. The van der Waals surface area contributed by atoms with Gasteiger partial charge in [0.25, 0.3) is 0 Å². The zero-order valence-corrected chi connectivity index (χ0v) is 14.3. The molecule has 1 aliphatic heterocycles. The van der Waals surface area contributed by atoms with Crippen molar-refractivity contribution in [1.29, 1.82) is 0 Å². The van der Waals surface area contributed by atoms with Gasteiger partial charge in [0.2, 0.25) is 5.91 Å². The molecule has 0 bridgehead atoms. The second kappa shape index (κ2) is 6.42. The average molecular weight is 359 g/mol. The molecular weight excluding hydrogens is 344 g/mol. The first-order valence-corrected chi connectivity index (χ1v) is 9.01. The lowest BCUT2D eigenvalue weighted by molar-refractivity contribution is -0.128. The van der Waals surface area contributed by atoms with Gasteiger partial charge in [-0.1, -0.05) is 17.7 Å². The number of halogens is 1. The molecule has 1 atom stereocenters. The zero-order valence-electron chi connectivity index (χ0n) is 12.8. The molecule has 1 saturated heterocycles. The van der Waals surface area contributed by atoms with E-state index in [0.717, 1.165) is 17.0 Å². The van der Waals surface area contributed by atoms with Gasteiger partial charge in [0.15, 0.2) is 0 Å². The van der Waals surface area contributed by atoms with Crippen molar-refractivity contribution in [2.75, 3.05) is 5.75 Å². The summed E-state index contributed by atoms with van der Waals surface area (Å²) in [7, 11) is 0. The second-order valence-corrected chi connectivity index (χ2v) is 7.10. The third-order valence-corrected chi connectivity index (χ3v) is 5.47. The first-order valence-electron chi connectivity index (χ1n) is 7.58. The van der Waals surface area contributed by atoms with Crippen LogP contribution >= 0.6 is 23.4 Å². The van der Waals surface area contributed by atoms with Gasteiger partial charge in [0.05, 0.1) is 18.6 Å². The van der Waals surface area contributed by atoms with Crippen LogP contribution in [0.5, 0.6) is 0 Å². The van der Waals surface area contributed by atoms with Gasteiger partial charge < -0.3 is 13.9 Å². The summed E-state index contributed by atoms with van der Waals surface area (Å²) >= 11 is 7.71. The summed E-state index contributed by atoms with van der Waals surface area (Å²) in [4.78, 5) is 14.1. The van der Waals surface area contributed by atoms with Crippen molar-refractivity contribution in [3.8, 4) is 5.69 Å². The second-order valence-electron chi connectivity index (χ2n) is 5.60. The van der Waals surface area contributed by atoms with E-state index in [-0.39, 0.29) is 11.3 Å². The molecule has 1 fully saturated rings. The fraction of sp³-hybridized carbons (Fsp3) is 0.167. The Bertz CT molecular complexity index is 860. The van der Waals surface area contributed by atoms with E-state index in [4.69, 9.17) is 16.0 Å². The molecule has 24 heavy (non-hydrogen) atoms. The number of benzene rings is 1. The number of aromatic nitrogens is 1. The zero-order chi connectivity index (χ0) is 16.5. The fourth-order valence-corrected chi connectivity index (χ4v) is 4.18. The van der Waals surface area contributed by atoms with Crippen LogP contribution in [-0.4, -0.2) is 21.1 Å². The largest absolute Gasteiger partial charge is 0.467 e. The molecule has 1 aliphatic rings. The Balaban J connectivity index is 1.60. The van der Waals surface area contributed by atoms with Crippen LogP contribution in [0.1, 0.15) is 16.7 Å². The van der Waals surface area contributed by atoms with E-state index in [1.165, 1.54) is 0 Å². The van der Waals surface area contributed by atoms with Crippen LogP contribution in [0.3, 0.4) is 0 Å². The highest BCUT2D eigenvalue weighted by Crippen LogP contribution is 2.40. The predicted octanol–water partition coefficient (Wildman–Crippen LogP) is 4.50. The minimum Gasteiger partial charge on any atom is -0.467 e. The van der Waals surface area contributed by atoms with Crippen LogP contribution in [0.25, 0.3) is 5.69 Å². The number of hydrogen-bond donors (Lipinski definition) is 0. The maximum Gasteiger partial charge on any atom is 0.234 e. The Morgan fingerprint density at radius 3 is 2.96 bits per heavy atom. The van der Waals surface area contributed by atoms with Crippen LogP contribution in [0.15, 0.2) is 65.5 Å². The Morgan fingerprint density at radius 2 is 2.17 bits per heavy atom. The van der Waals surface area contributed by atoms with E-state index in [9.17, 15) is 4.79 Å². The minimum atomic E-state index is 0.00281. The van der Waals surface area contributed by atoms with Gasteiger partial charge in [-0.2, -0.15) is 0 Å². The van der Waals surface area contributed by atoms with E-state index < -0.39 is 0 Å². The molecule has 122 valence electrons. The molecule has 3 heterocycles. The minimum absolute atomic E-state index is 0.00281. The van der Waals surface area contributed by atoms with E-state index >= 15 is 0 Å². The first kappa shape index (κ1) is 15.4. The van der Waals surface area contributed by atoms with Crippen molar-refractivity contribution in [1.82, 2.24) is 9.47 Å². The van der Waals surface area contributed by atoms with Gasteiger partial charge >= 0.3 is 0 Å². The molecule has 0 aliphatic carbocycles. The topological polar surface area (TPSA) is 38.4 Å². The summed E-state index contributed by atoms with van der Waals surface area (Å²) < 4.78 is 7.42. The summed E-state index contributed by atoms with van der Waals surface area (Å²) in [6.45, 7) is 0.492. The number of furan rings is 1. The molecule has 2 aromatic heterocycles. The predicted molar refractivity (Wildman–Crippen MR) is 95.2 cm³/mol. The summed E-state index contributed by atoms with van der Waals surface area (Å²) in [5.74, 6) is 1.43. The van der Waals surface area contributed by atoms with Gasteiger partial charge in [0, 0.05) is 28.7 Å². The Kier molecular flexibility index (Phi) is 4.12.